The Bertz CT molecular complexity index is 126. The van der Waals surface area contributed by atoms with Crippen LogP contribution in [0.3, 0.4) is 0 Å². The van der Waals surface area contributed by atoms with Crippen LogP contribution in [0.1, 0.15) is 19.3 Å². The molecule has 0 spiro atoms. The normalized spacial score (nSPS) is 19.5. The number of thioether (sulfide) groups is 1. The SMILES string of the molecule is COCCCNCC1(SC)CC1. The molecule has 1 fully saturated rings. The molecule has 1 aliphatic rings. The summed E-state index contributed by atoms with van der Waals surface area (Å²) in [5, 5.41) is 3.47. The summed E-state index contributed by atoms with van der Waals surface area (Å²) >= 11 is 2.01. The lowest BCUT2D eigenvalue weighted by molar-refractivity contribution is 0.194. The predicted octanol–water partition coefficient (Wildman–Crippen LogP) is 1.51. The van der Waals surface area contributed by atoms with Gasteiger partial charge in [0.05, 0.1) is 0 Å². The average Bonchev–Trinajstić information content (AvgIpc) is 2.85. The van der Waals surface area contributed by atoms with Crippen molar-refractivity contribution in [2.45, 2.75) is 24.0 Å². The number of methoxy groups -OCH3 is 1. The molecule has 1 saturated carbocycles. The van der Waals surface area contributed by atoms with Crippen LogP contribution in [0.4, 0.5) is 0 Å². The molecule has 0 radical (unpaired) electrons. The Kier molecular flexibility index (Phi) is 4.40. The van der Waals surface area contributed by atoms with Gasteiger partial charge in [-0.3, -0.25) is 0 Å². The van der Waals surface area contributed by atoms with Crippen molar-refractivity contribution in [1.29, 1.82) is 0 Å². The second-order valence-electron chi connectivity index (χ2n) is 3.41. The molecule has 2 nitrogen and oxygen atoms in total. The minimum atomic E-state index is 0.604. The van der Waals surface area contributed by atoms with Crippen LogP contribution in [0.2, 0.25) is 0 Å². The molecule has 0 heterocycles. The Morgan fingerprint density at radius 1 is 1.50 bits per heavy atom. The summed E-state index contributed by atoms with van der Waals surface area (Å²) in [6, 6.07) is 0. The van der Waals surface area contributed by atoms with Crippen LogP contribution in [0.15, 0.2) is 0 Å². The molecule has 0 aromatic carbocycles. The van der Waals surface area contributed by atoms with Crippen LogP contribution in [0.5, 0.6) is 0 Å². The molecule has 0 saturated heterocycles. The molecule has 1 rings (SSSR count). The summed E-state index contributed by atoms with van der Waals surface area (Å²) in [4.78, 5) is 0. The van der Waals surface area contributed by atoms with Crippen molar-refractivity contribution >= 4 is 11.8 Å². The first-order chi connectivity index (χ1) is 5.83. The van der Waals surface area contributed by atoms with Gasteiger partial charge < -0.3 is 10.1 Å². The molecule has 1 N–H and O–H groups in total. The third-order valence-electron chi connectivity index (χ3n) is 2.39. The smallest absolute Gasteiger partial charge is 0.0474 e. The number of hydrogen-bond acceptors (Lipinski definition) is 3. The molecular formula is C9H19NOS. The highest BCUT2D eigenvalue weighted by Gasteiger charge is 2.41. The van der Waals surface area contributed by atoms with Gasteiger partial charge in [0.1, 0.15) is 0 Å². The maximum Gasteiger partial charge on any atom is 0.0474 e. The lowest BCUT2D eigenvalue weighted by Gasteiger charge is -2.12. The molecule has 0 bridgehead atoms. The van der Waals surface area contributed by atoms with Gasteiger partial charge in [0, 0.05) is 25.0 Å². The Balaban J connectivity index is 1.89. The van der Waals surface area contributed by atoms with Crippen molar-refractivity contribution < 1.29 is 4.74 Å². The van der Waals surface area contributed by atoms with Crippen LogP contribution in [0.25, 0.3) is 0 Å². The zero-order chi connectivity index (χ0) is 8.86. The van der Waals surface area contributed by atoms with E-state index in [-0.39, 0.29) is 0 Å². The summed E-state index contributed by atoms with van der Waals surface area (Å²) < 4.78 is 5.57. The van der Waals surface area contributed by atoms with E-state index in [0.29, 0.717) is 4.75 Å². The number of rotatable bonds is 7. The molecule has 0 atom stereocenters. The fourth-order valence-electron chi connectivity index (χ4n) is 1.25. The van der Waals surface area contributed by atoms with E-state index in [9.17, 15) is 0 Å². The van der Waals surface area contributed by atoms with Crippen molar-refractivity contribution in [1.82, 2.24) is 5.32 Å². The van der Waals surface area contributed by atoms with Crippen LogP contribution < -0.4 is 5.32 Å². The molecule has 0 amide bonds. The molecule has 0 aliphatic heterocycles. The van der Waals surface area contributed by atoms with E-state index in [4.69, 9.17) is 4.74 Å². The number of nitrogens with one attached hydrogen (secondary N) is 1. The van der Waals surface area contributed by atoms with Gasteiger partial charge in [-0.1, -0.05) is 0 Å². The highest BCUT2D eigenvalue weighted by molar-refractivity contribution is 8.00. The molecule has 72 valence electrons. The van der Waals surface area contributed by atoms with Gasteiger partial charge in [-0.15, -0.1) is 0 Å². The van der Waals surface area contributed by atoms with E-state index in [1.54, 1.807) is 7.11 Å². The van der Waals surface area contributed by atoms with Gasteiger partial charge in [-0.2, -0.15) is 11.8 Å². The molecule has 0 unspecified atom stereocenters. The number of ether oxygens (including phenoxy) is 1. The summed E-state index contributed by atoms with van der Waals surface area (Å²) in [6.45, 7) is 3.15. The van der Waals surface area contributed by atoms with Gasteiger partial charge in [-0.25, -0.2) is 0 Å². The first kappa shape index (κ1) is 10.4. The molecular weight excluding hydrogens is 170 g/mol. The molecule has 0 aromatic rings. The second-order valence-corrected chi connectivity index (χ2v) is 4.68. The Morgan fingerprint density at radius 3 is 2.75 bits per heavy atom. The van der Waals surface area contributed by atoms with Crippen molar-refractivity contribution in [2.24, 2.45) is 0 Å². The summed E-state index contributed by atoms with van der Waals surface area (Å²) in [7, 11) is 1.75. The van der Waals surface area contributed by atoms with E-state index >= 15 is 0 Å². The fraction of sp³-hybridized carbons (Fsp3) is 1.00. The maximum absolute atomic E-state index is 4.97. The Hall–Kier alpha value is 0.270. The van der Waals surface area contributed by atoms with E-state index in [1.165, 1.54) is 19.4 Å². The topological polar surface area (TPSA) is 21.3 Å². The Labute approximate surface area is 79.4 Å². The highest BCUT2D eigenvalue weighted by Crippen LogP contribution is 2.46. The third-order valence-corrected chi connectivity index (χ3v) is 3.81. The van der Waals surface area contributed by atoms with Crippen molar-refractivity contribution in [3.05, 3.63) is 0 Å². The van der Waals surface area contributed by atoms with Gasteiger partial charge in [-0.05, 0) is 32.1 Å². The summed E-state index contributed by atoms with van der Waals surface area (Å²) in [6.07, 6.45) is 6.13. The third kappa shape index (κ3) is 3.33. The van der Waals surface area contributed by atoms with Gasteiger partial charge >= 0.3 is 0 Å². The van der Waals surface area contributed by atoms with Crippen LogP contribution in [-0.2, 0) is 4.74 Å². The first-order valence-electron chi connectivity index (χ1n) is 4.58. The van der Waals surface area contributed by atoms with Crippen LogP contribution >= 0.6 is 11.8 Å². The molecule has 1 aliphatic carbocycles. The maximum atomic E-state index is 4.97. The first-order valence-corrected chi connectivity index (χ1v) is 5.80. The summed E-state index contributed by atoms with van der Waals surface area (Å²) in [5.41, 5.74) is 0. The zero-order valence-electron chi connectivity index (χ0n) is 8.06. The largest absolute Gasteiger partial charge is 0.385 e. The summed E-state index contributed by atoms with van der Waals surface area (Å²) in [5.74, 6) is 0. The Morgan fingerprint density at radius 2 is 2.25 bits per heavy atom. The van der Waals surface area contributed by atoms with Crippen LogP contribution in [-0.4, -0.2) is 37.8 Å². The van der Waals surface area contributed by atoms with E-state index in [0.717, 1.165) is 19.6 Å². The van der Waals surface area contributed by atoms with Crippen molar-refractivity contribution in [3.8, 4) is 0 Å². The van der Waals surface area contributed by atoms with Crippen LogP contribution in [0, 0.1) is 0 Å². The second kappa shape index (κ2) is 5.10. The fourth-order valence-corrected chi connectivity index (χ4v) is 2.01. The quantitative estimate of drug-likeness (QED) is 0.613. The lowest BCUT2D eigenvalue weighted by Crippen LogP contribution is -2.27. The number of hydrogen-bond donors (Lipinski definition) is 1. The van der Waals surface area contributed by atoms with Gasteiger partial charge in [0.2, 0.25) is 0 Å². The molecule has 3 heteroatoms. The highest BCUT2D eigenvalue weighted by atomic mass is 32.2. The average molecular weight is 189 g/mol. The van der Waals surface area contributed by atoms with E-state index in [1.807, 2.05) is 11.8 Å². The molecule has 0 aromatic heterocycles. The van der Waals surface area contributed by atoms with Gasteiger partial charge in [0.15, 0.2) is 0 Å². The van der Waals surface area contributed by atoms with Gasteiger partial charge in [0.25, 0.3) is 0 Å². The van der Waals surface area contributed by atoms with Crippen molar-refractivity contribution in [3.63, 3.8) is 0 Å². The predicted molar refractivity (Wildman–Crippen MR) is 54.8 cm³/mol. The van der Waals surface area contributed by atoms with E-state index < -0.39 is 0 Å². The minimum absolute atomic E-state index is 0.604. The minimum Gasteiger partial charge on any atom is -0.385 e. The van der Waals surface area contributed by atoms with E-state index in [2.05, 4.69) is 11.6 Å². The lowest BCUT2D eigenvalue weighted by atomic mass is 10.4. The zero-order valence-corrected chi connectivity index (χ0v) is 8.88. The van der Waals surface area contributed by atoms with Crippen molar-refractivity contribution in [2.75, 3.05) is 33.1 Å². The standard InChI is InChI=1S/C9H19NOS/c1-11-7-3-6-10-8-9(12-2)4-5-9/h10H,3-8H2,1-2H3. The monoisotopic (exact) mass is 189 g/mol. The molecule has 12 heavy (non-hydrogen) atoms.